The zero-order valence-electron chi connectivity index (χ0n) is 21.5. The van der Waals surface area contributed by atoms with E-state index >= 15 is 0 Å². The van der Waals surface area contributed by atoms with Crippen LogP contribution in [-0.4, -0.2) is 51.6 Å². The van der Waals surface area contributed by atoms with E-state index in [2.05, 4.69) is 75.0 Å². The number of hydrogen-bond donors (Lipinski definition) is 2. The minimum atomic E-state index is -0.137. The van der Waals surface area contributed by atoms with Crippen molar-refractivity contribution in [2.75, 3.05) is 0 Å². The van der Waals surface area contributed by atoms with E-state index in [4.69, 9.17) is 9.72 Å². The zero-order chi connectivity index (χ0) is 26.1. The Balaban J connectivity index is 1.34. The number of nitrogens with zero attached hydrogens (tertiary/aromatic N) is 7. The van der Waals surface area contributed by atoms with Crippen LogP contribution >= 0.6 is 0 Å². The summed E-state index contributed by atoms with van der Waals surface area (Å²) < 4.78 is 8.28. The van der Waals surface area contributed by atoms with Gasteiger partial charge in [-0.25, -0.2) is 10.1 Å². The fraction of sp³-hybridized carbons (Fsp3) is 0.357. The first-order valence-electron chi connectivity index (χ1n) is 13.1. The lowest BCUT2D eigenvalue weighted by atomic mass is 9.98. The molecule has 0 unspecified atom stereocenters. The van der Waals surface area contributed by atoms with Gasteiger partial charge in [-0.15, -0.1) is 15.3 Å². The normalized spacial score (nSPS) is 14.4. The van der Waals surface area contributed by atoms with Crippen LogP contribution in [0.15, 0.2) is 48.5 Å². The molecule has 0 aliphatic heterocycles. The lowest BCUT2D eigenvalue weighted by molar-refractivity contribution is 0.149. The van der Waals surface area contributed by atoms with E-state index in [1.54, 1.807) is 0 Å². The quantitative estimate of drug-likeness (QED) is 0.303. The molecule has 1 saturated carbocycles. The second-order valence-corrected chi connectivity index (χ2v) is 10.1. The van der Waals surface area contributed by atoms with Gasteiger partial charge in [0.2, 0.25) is 0 Å². The number of hydrogen-bond acceptors (Lipinski definition) is 8. The molecule has 1 aliphatic carbocycles. The van der Waals surface area contributed by atoms with Crippen LogP contribution in [0.4, 0.5) is 0 Å². The van der Waals surface area contributed by atoms with E-state index in [-0.39, 0.29) is 17.9 Å². The molecule has 1 fully saturated rings. The highest BCUT2D eigenvalue weighted by Crippen LogP contribution is 2.35. The summed E-state index contributed by atoms with van der Waals surface area (Å²) in [5.41, 5.74) is 5.21. The van der Waals surface area contributed by atoms with E-state index in [0.717, 1.165) is 53.8 Å². The van der Waals surface area contributed by atoms with Gasteiger partial charge in [0.1, 0.15) is 17.4 Å². The number of rotatable bonds is 7. The third kappa shape index (κ3) is 4.57. The van der Waals surface area contributed by atoms with Gasteiger partial charge in [0.15, 0.2) is 11.3 Å². The number of fused-ring (bicyclic) bond motifs is 1. The first-order valence-corrected chi connectivity index (χ1v) is 13.1. The number of ether oxygens (including phenoxy) is 1. The highest BCUT2D eigenvalue weighted by Gasteiger charge is 2.24. The fourth-order valence-electron chi connectivity index (χ4n) is 5.24. The van der Waals surface area contributed by atoms with Gasteiger partial charge in [0.05, 0.1) is 0 Å². The summed E-state index contributed by atoms with van der Waals surface area (Å²) in [5, 5.41) is 33.3. The Bertz CT molecular complexity index is 1540. The lowest BCUT2D eigenvalue weighted by Crippen LogP contribution is -2.20. The molecule has 2 N–H and O–H groups in total. The van der Waals surface area contributed by atoms with Crippen molar-refractivity contribution in [1.82, 2.24) is 40.4 Å². The fourth-order valence-corrected chi connectivity index (χ4v) is 5.24. The van der Waals surface area contributed by atoms with Crippen molar-refractivity contribution in [3.63, 3.8) is 0 Å². The van der Waals surface area contributed by atoms with Crippen LogP contribution in [0.5, 0.6) is 11.8 Å². The molecule has 0 saturated heterocycles. The number of aromatic hydroxyl groups is 1. The number of H-pyrrole nitrogens is 1. The molecule has 10 heteroatoms. The van der Waals surface area contributed by atoms with Crippen molar-refractivity contribution in [2.24, 2.45) is 0 Å². The standard InChI is InChI=1S/C28H30N8O2/c1-17(2)26-29-23-24(27(37)32-33-28(23)38-20-8-4-3-5-9-20)36(26)16-18-12-14-19(15-13-18)21-10-6-7-11-22(21)25-30-34-35-31-25/h6-7,10-15,17,20H,3-5,8-9,16H2,1-2H3,(H,32,37)(H,30,31,34,35). The van der Waals surface area contributed by atoms with Crippen LogP contribution in [0.2, 0.25) is 0 Å². The highest BCUT2D eigenvalue weighted by atomic mass is 16.5. The second kappa shape index (κ2) is 10.2. The number of aromatic nitrogens is 8. The molecule has 3 aromatic heterocycles. The van der Waals surface area contributed by atoms with Gasteiger partial charge in [0.25, 0.3) is 11.8 Å². The Morgan fingerprint density at radius 2 is 1.74 bits per heavy atom. The van der Waals surface area contributed by atoms with E-state index in [1.165, 1.54) is 6.42 Å². The summed E-state index contributed by atoms with van der Waals surface area (Å²) in [6.07, 6.45) is 5.67. The van der Waals surface area contributed by atoms with Gasteiger partial charge in [-0.05, 0) is 52.8 Å². The van der Waals surface area contributed by atoms with Gasteiger partial charge >= 0.3 is 0 Å². The number of tetrazole rings is 1. The molecular formula is C28H30N8O2. The number of benzene rings is 2. The molecular weight excluding hydrogens is 480 g/mol. The number of imidazole rings is 1. The summed E-state index contributed by atoms with van der Waals surface area (Å²) in [5.74, 6) is 1.87. The Morgan fingerprint density at radius 3 is 2.45 bits per heavy atom. The third-order valence-corrected chi connectivity index (χ3v) is 7.13. The van der Waals surface area contributed by atoms with Crippen LogP contribution in [0.25, 0.3) is 33.5 Å². The Labute approximate surface area is 220 Å². The molecule has 0 radical (unpaired) electrons. The summed E-state index contributed by atoms with van der Waals surface area (Å²) in [4.78, 5) is 4.89. The Hall–Kier alpha value is -4.34. The topological polar surface area (TPSA) is 128 Å². The van der Waals surface area contributed by atoms with Crippen molar-refractivity contribution >= 4 is 11.0 Å². The summed E-state index contributed by atoms with van der Waals surface area (Å²) in [6.45, 7) is 4.71. The Morgan fingerprint density at radius 1 is 0.974 bits per heavy atom. The van der Waals surface area contributed by atoms with Gasteiger partial charge in [-0.3, -0.25) is 0 Å². The monoisotopic (exact) mass is 510 g/mol. The minimum Gasteiger partial charge on any atom is -0.491 e. The molecule has 6 rings (SSSR count). The number of nitrogens with one attached hydrogen (secondary N) is 1. The lowest BCUT2D eigenvalue weighted by Gasteiger charge is -2.22. The van der Waals surface area contributed by atoms with Gasteiger partial charge in [-0.1, -0.05) is 68.8 Å². The van der Waals surface area contributed by atoms with E-state index < -0.39 is 0 Å². The molecule has 0 atom stereocenters. The van der Waals surface area contributed by atoms with Crippen molar-refractivity contribution in [2.45, 2.75) is 64.5 Å². The molecule has 3 heterocycles. The molecule has 0 amide bonds. The van der Waals surface area contributed by atoms with Crippen molar-refractivity contribution in [3.8, 4) is 34.3 Å². The number of aromatic amines is 1. The predicted octanol–water partition coefficient (Wildman–Crippen LogP) is 5.26. The first kappa shape index (κ1) is 24.0. The molecule has 0 bridgehead atoms. The van der Waals surface area contributed by atoms with Crippen LogP contribution < -0.4 is 4.74 Å². The van der Waals surface area contributed by atoms with Crippen LogP contribution in [0.3, 0.4) is 0 Å². The molecule has 5 aromatic rings. The SMILES string of the molecule is CC(C)c1nc2c(OC3CCCCC3)nnc(O)c2n1Cc1ccc(-c2ccccc2-c2nnn[nH]2)cc1. The smallest absolute Gasteiger partial charge is 0.262 e. The highest BCUT2D eigenvalue weighted by molar-refractivity contribution is 5.85. The molecule has 1 aliphatic rings. The minimum absolute atomic E-state index is 0.113. The largest absolute Gasteiger partial charge is 0.491 e. The zero-order valence-corrected chi connectivity index (χ0v) is 21.5. The van der Waals surface area contributed by atoms with Crippen molar-refractivity contribution < 1.29 is 9.84 Å². The molecule has 194 valence electrons. The van der Waals surface area contributed by atoms with Crippen LogP contribution in [0, 0.1) is 0 Å². The molecule has 38 heavy (non-hydrogen) atoms. The third-order valence-electron chi connectivity index (χ3n) is 7.13. The predicted molar refractivity (Wildman–Crippen MR) is 143 cm³/mol. The van der Waals surface area contributed by atoms with Crippen molar-refractivity contribution in [3.05, 3.63) is 59.9 Å². The molecule has 10 nitrogen and oxygen atoms in total. The molecule has 2 aromatic carbocycles. The maximum Gasteiger partial charge on any atom is 0.262 e. The maximum absolute atomic E-state index is 10.8. The second-order valence-electron chi connectivity index (χ2n) is 10.1. The van der Waals surface area contributed by atoms with Gasteiger partial charge in [-0.2, -0.15) is 0 Å². The van der Waals surface area contributed by atoms with Crippen LogP contribution in [0.1, 0.15) is 63.3 Å². The Kier molecular flexibility index (Phi) is 6.45. The average Bonchev–Trinajstić information content (AvgIpc) is 3.61. The summed E-state index contributed by atoms with van der Waals surface area (Å²) in [6, 6.07) is 16.4. The first-order chi connectivity index (χ1) is 18.6. The summed E-state index contributed by atoms with van der Waals surface area (Å²) in [7, 11) is 0. The van der Waals surface area contributed by atoms with Crippen LogP contribution in [-0.2, 0) is 6.54 Å². The van der Waals surface area contributed by atoms with Gasteiger partial charge in [0, 0.05) is 18.0 Å². The molecule has 0 spiro atoms. The van der Waals surface area contributed by atoms with E-state index in [0.29, 0.717) is 29.3 Å². The maximum atomic E-state index is 10.8. The van der Waals surface area contributed by atoms with E-state index in [9.17, 15) is 5.11 Å². The van der Waals surface area contributed by atoms with Crippen molar-refractivity contribution in [1.29, 1.82) is 0 Å². The average molecular weight is 511 g/mol. The van der Waals surface area contributed by atoms with E-state index in [1.807, 2.05) is 22.8 Å². The summed E-state index contributed by atoms with van der Waals surface area (Å²) >= 11 is 0. The van der Waals surface area contributed by atoms with Gasteiger partial charge < -0.3 is 14.4 Å².